The predicted molar refractivity (Wildman–Crippen MR) is 118 cm³/mol. The summed E-state index contributed by atoms with van der Waals surface area (Å²) in [6.07, 6.45) is 4.14. The van der Waals surface area contributed by atoms with Crippen LogP contribution in [0.5, 0.6) is 0 Å². The Morgan fingerprint density at radius 3 is 2.79 bits per heavy atom. The van der Waals surface area contributed by atoms with E-state index in [2.05, 4.69) is 26.3 Å². The molecule has 0 atom stereocenters. The minimum absolute atomic E-state index is 0.519. The van der Waals surface area contributed by atoms with Crippen molar-refractivity contribution in [3.63, 3.8) is 0 Å². The predicted octanol–water partition coefficient (Wildman–Crippen LogP) is 5.87. The number of nitrogens with one attached hydrogen (secondary N) is 1. The van der Waals surface area contributed by atoms with Gasteiger partial charge < -0.3 is 5.32 Å². The highest BCUT2D eigenvalue weighted by Gasteiger charge is 2.16. The fourth-order valence-corrected chi connectivity index (χ4v) is 3.83. The number of hydrogen-bond acceptors (Lipinski definition) is 5. The van der Waals surface area contributed by atoms with Gasteiger partial charge in [-0.2, -0.15) is 0 Å². The monoisotopic (exact) mass is 419 g/mol. The Bertz CT molecular complexity index is 1270. The van der Waals surface area contributed by atoms with Crippen LogP contribution in [0.15, 0.2) is 59.9 Å². The van der Waals surface area contributed by atoms with E-state index in [0.717, 1.165) is 45.5 Å². The Morgan fingerprint density at radius 1 is 1.00 bits per heavy atom. The normalized spacial score (nSPS) is 12.3. The molecule has 0 spiro atoms. The van der Waals surface area contributed by atoms with Crippen molar-refractivity contribution in [3.05, 3.63) is 76.2 Å². The van der Waals surface area contributed by atoms with E-state index < -0.39 is 0 Å². The van der Waals surface area contributed by atoms with Gasteiger partial charge in [-0.25, -0.2) is 15.0 Å². The summed E-state index contributed by atoms with van der Waals surface area (Å²) in [5, 5.41) is 5.70. The van der Waals surface area contributed by atoms with Crippen molar-refractivity contribution < 1.29 is 0 Å². The van der Waals surface area contributed by atoms with E-state index in [4.69, 9.17) is 28.2 Å². The first kappa shape index (κ1) is 18.0. The first-order valence-electron chi connectivity index (χ1n) is 9.13. The number of anilines is 1. The van der Waals surface area contributed by atoms with E-state index in [1.165, 1.54) is 0 Å². The van der Waals surface area contributed by atoms with Gasteiger partial charge in [0.05, 0.1) is 16.9 Å². The Labute approximate surface area is 177 Å². The maximum Gasteiger partial charge on any atom is 0.155 e. The lowest BCUT2D eigenvalue weighted by atomic mass is 10.0. The highest BCUT2D eigenvalue weighted by atomic mass is 35.5. The van der Waals surface area contributed by atoms with Gasteiger partial charge in [-0.1, -0.05) is 47.5 Å². The lowest BCUT2D eigenvalue weighted by Gasteiger charge is -2.14. The molecule has 5 nitrogen and oxygen atoms in total. The molecular formula is C22H15Cl2N5. The van der Waals surface area contributed by atoms with E-state index in [1.807, 2.05) is 48.7 Å². The van der Waals surface area contributed by atoms with Crippen molar-refractivity contribution in [2.75, 3.05) is 5.32 Å². The van der Waals surface area contributed by atoms with Gasteiger partial charge in [0.25, 0.3) is 0 Å². The summed E-state index contributed by atoms with van der Waals surface area (Å²) in [5.74, 6) is 0.713. The Hall–Kier alpha value is -3.02. The second-order valence-electron chi connectivity index (χ2n) is 6.70. The summed E-state index contributed by atoms with van der Waals surface area (Å²) in [6.45, 7) is 0.519. The summed E-state index contributed by atoms with van der Waals surface area (Å²) in [7, 11) is 0. The molecule has 0 unspecified atom stereocenters. The Balaban J connectivity index is 1.59. The topological polar surface area (TPSA) is 63.1 Å². The summed E-state index contributed by atoms with van der Waals surface area (Å²) in [4.78, 5) is 17.9. The van der Waals surface area contributed by atoms with Crippen molar-refractivity contribution in [2.24, 2.45) is 4.99 Å². The minimum Gasteiger partial charge on any atom is -0.364 e. The number of benzene rings is 2. The van der Waals surface area contributed by atoms with Crippen LogP contribution in [0, 0.1) is 0 Å². The number of hydrogen-bond donors (Lipinski definition) is 1. The molecule has 1 N–H and O–H groups in total. The van der Waals surface area contributed by atoms with Gasteiger partial charge in [0.2, 0.25) is 0 Å². The third kappa shape index (κ3) is 3.43. The van der Waals surface area contributed by atoms with Crippen molar-refractivity contribution >= 4 is 51.8 Å². The average molecular weight is 420 g/mol. The molecule has 0 saturated carbocycles. The number of fused-ring (bicyclic) bond motifs is 2. The first-order valence-corrected chi connectivity index (χ1v) is 9.89. The molecule has 29 heavy (non-hydrogen) atoms. The van der Waals surface area contributed by atoms with Crippen LogP contribution in [0.25, 0.3) is 22.2 Å². The summed E-state index contributed by atoms with van der Waals surface area (Å²) in [6, 6.07) is 15.5. The molecule has 7 heteroatoms. The third-order valence-corrected chi connectivity index (χ3v) is 5.40. The number of rotatable bonds is 4. The zero-order chi connectivity index (χ0) is 19.8. The molecule has 0 bridgehead atoms. The zero-order valence-corrected chi connectivity index (χ0v) is 16.7. The lowest BCUT2D eigenvalue weighted by molar-refractivity contribution is 1.05. The first-order chi connectivity index (χ1) is 14.2. The summed E-state index contributed by atoms with van der Waals surface area (Å²) < 4.78 is 0. The second kappa shape index (κ2) is 7.43. The molecule has 2 aromatic heterocycles. The maximum absolute atomic E-state index is 6.48. The largest absolute Gasteiger partial charge is 0.364 e. The zero-order valence-electron chi connectivity index (χ0n) is 15.2. The Kier molecular flexibility index (Phi) is 4.62. The van der Waals surface area contributed by atoms with Gasteiger partial charge in [-0.05, 0) is 29.8 Å². The lowest BCUT2D eigenvalue weighted by Crippen LogP contribution is -2.05. The summed E-state index contributed by atoms with van der Waals surface area (Å²) in [5.41, 5.74) is 5.24. The van der Waals surface area contributed by atoms with Crippen molar-refractivity contribution in [2.45, 2.75) is 13.0 Å². The maximum atomic E-state index is 6.48. The highest BCUT2D eigenvalue weighted by molar-refractivity contribution is 6.33. The van der Waals surface area contributed by atoms with E-state index in [0.29, 0.717) is 22.4 Å². The van der Waals surface area contributed by atoms with Crippen LogP contribution in [0.3, 0.4) is 0 Å². The molecule has 0 radical (unpaired) electrons. The van der Waals surface area contributed by atoms with Gasteiger partial charge in [-0.15, -0.1) is 0 Å². The number of pyridine rings is 1. The Morgan fingerprint density at radius 2 is 1.90 bits per heavy atom. The molecule has 0 saturated heterocycles. The number of aromatic nitrogens is 3. The van der Waals surface area contributed by atoms with Crippen LogP contribution in [-0.2, 0) is 13.0 Å². The van der Waals surface area contributed by atoms with Crippen molar-refractivity contribution in [3.8, 4) is 11.3 Å². The van der Waals surface area contributed by atoms with Crippen LogP contribution in [0.4, 0.5) is 11.5 Å². The smallest absolute Gasteiger partial charge is 0.155 e. The van der Waals surface area contributed by atoms with E-state index in [9.17, 15) is 0 Å². The van der Waals surface area contributed by atoms with E-state index in [-0.39, 0.29) is 0 Å². The molecule has 0 aliphatic carbocycles. The molecule has 1 aliphatic heterocycles. The average Bonchev–Trinajstić information content (AvgIpc) is 3.21. The summed E-state index contributed by atoms with van der Waals surface area (Å²) >= 11 is 12.7. The highest BCUT2D eigenvalue weighted by Crippen LogP contribution is 2.33. The van der Waals surface area contributed by atoms with Gasteiger partial charge in [-0.3, -0.25) is 4.99 Å². The van der Waals surface area contributed by atoms with Gasteiger partial charge in [0.1, 0.15) is 12.0 Å². The van der Waals surface area contributed by atoms with E-state index in [1.54, 1.807) is 6.33 Å². The van der Waals surface area contributed by atoms with Gasteiger partial charge >= 0.3 is 0 Å². The molecule has 0 amide bonds. The third-order valence-electron chi connectivity index (χ3n) is 4.84. The molecule has 2 aromatic carbocycles. The molecule has 1 aliphatic rings. The number of halogens is 2. The fraction of sp³-hybridized carbons (Fsp3) is 0.0909. The molecule has 4 aromatic rings. The van der Waals surface area contributed by atoms with Crippen LogP contribution in [-0.4, -0.2) is 21.2 Å². The molecular weight excluding hydrogens is 405 g/mol. The number of nitrogens with zero attached hydrogens (tertiary/aromatic N) is 4. The molecule has 5 rings (SSSR count). The van der Waals surface area contributed by atoms with Crippen LogP contribution >= 0.6 is 23.2 Å². The quantitative estimate of drug-likeness (QED) is 0.449. The van der Waals surface area contributed by atoms with Gasteiger partial charge in [0, 0.05) is 40.2 Å². The SMILES string of the molecule is Clc1ccc2cc(CNc3ncnc4c3N=CC4)c(-c3ccccc3Cl)nc2c1. The minimum atomic E-state index is 0.519. The molecule has 3 heterocycles. The fourth-order valence-electron chi connectivity index (χ4n) is 3.44. The second-order valence-corrected chi connectivity index (χ2v) is 7.54. The number of aliphatic imine (C=N–C) groups is 1. The van der Waals surface area contributed by atoms with Gasteiger partial charge in [0.15, 0.2) is 5.82 Å². The van der Waals surface area contributed by atoms with E-state index >= 15 is 0 Å². The van der Waals surface area contributed by atoms with Crippen LogP contribution in [0.2, 0.25) is 10.0 Å². The van der Waals surface area contributed by atoms with Crippen LogP contribution in [0.1, 0.15) is 11.3 Å². The van der Waals surface area contributed by atoms with Crippen molar-refractivity contribution in [1.29, 1.82) is 0 Å². The molecule has 0 fully saturated rings. The van der Waals surface area contributed by atoms with Crippen LogP contribution < -0.4 is 5.32 Å². The molecule has 142 valence electrons. The standard InChI is InChI=1S/C22H15Cl2N5/c23-15-6-5-13-9-14(11-26-22-21-18(7-8-25-21)27-12-28-22)20(29-19(13)10-15)16-3-1-2-4-17(16)24/h1-6,8-10,12H,7,11H2,(H,26,27,28). The van der Waals surface area contributed by atoms with Crippen molar-refractivity contribution in [1.82, 2.24) is 15.0 Å².